The number of aliphatic hydroxyl groups excluding tert-OH is 1. The fourth-order valence-corrected chi connectivity index (χ4v) is 2.41. The molecule has 0 saturated carbocycles. The Balaban J connectivity index is 2.06. The van der Waals surface area contributed by atoms with Crippen molar-refractivity contribution in [2.45, 2.75) is 37.5 Å². The maximum Gasteiger partial charge on any atom is 0.310 e. The van der Waals surface area contributed by atoms with E-state index in [1.165, 1.54) is 7.11 Å². The molecule has 0 aliphatic carbocycles. The summed E-state index contributed by atoms with van der Waals surface area (Å²) in [5, 5.41) is 12.8. The summed E-state index contributed by atoms with van der Waals surface area (Å²) in [6.07, 6.45) is 2.11. The molecule has 4 nitrogen and oxygen atoms in total. The third-order valence-corrected chi connectivity index (χ3v) is 3.16. The van der Waals surface area contributed by atoms with Crippen LogP contribution in [0.4, 0.5) is 0 Å². The van der Waals surface area contributed by atoms with Crippen LogP contribution in [0, 0.1) is 5.92 Å². The molecular weight excluding hydrogens is 170 g/mol. The lowest BCUT2D eigenvalue weighted by Crippen LogP contribution is -2.44. The van der Waals surface area contributed by atoms with Crippen molar-refractivity contribution >= 4 is 5.97 Å². The van der Waals surface area contributed by atoms with E-state index in [4.69, 9.17) is 4.74 Å². The van der Waals surface area contributed by atoms with Gasteiger partial charge in [-0.25, -0.2) is 0 Å². The second kappa shape index (κ2) is 3.27. The van der Waals surface area contributed by atoms with Crippen molar-refractivity contribution in [3.63, 3.8) is 0 Å². The molecule has 0 spiro atoms. The molecule has 2 unspecified atom stereocenters. The zero-order valence-electron chi connectivity index (χ0n) is 7.69. The third-order valence-electron chi connectivity index (χ3n) is 3.16. The first-order valence-electron chi connectivity index (χ1n) is 4.74. The third kappa shape index (κ3) is 1.44. The highest BCUT2D eigenvalue weighted by molar-refractivity contribution is 5.73. The lowest BCUT2D eigenvalue weighted by Gasteiger charge is -2.26. The summed E-state index contributed by atoms with van der Waals surface area (Å²) in [5.41, 5.74) is 0. The van der Waals surface area contributed by atoms with Crippen LogP contribution in [-0.4, -0.2) is 36.4 Å². The van der Waals surface area contributed by atoms with Gasteiger partial charge in [0.15, 0.2) is 0 Å². The molecule has 2 saturated heterocycles. The number of carbonyl (C=O) groups is 1. The summed E-state index contributed by atoms with van der Waals surface area (Å²) in [5.74, 6) is -0.193. The van der Waals surface area contributed by atoms with E-state index < -0.39 is 0 Å². The lowest BCUT2D eigenvalue weighted by molar-refractivity contribution is -0.145. The van der Waals surface area contributed by atoms with Crippen LogP contribution in [0.25, 0.3) is 0 Å². The van der Waals surface area contributed by atoms with E-state index >= 15 is 0 Å². The Hall–Kier alpha value is -0.610. The molecular formula is C9H15NO3. The van der Waals surface area contributed by atoms with Crippen molar-refractivity contribution < 1.29 is 14.6 Å². The summed E-state index contributed by atoms with van der Waals surface area (Å²) < 4.78 is 4.72. The predicted molar refractivity (Wildman–Crippen MR) is 46.1 cm³/mol. The maximum absolute atomic E-state index is 11.3. The van der Waals surface area contributed by atoms with Crippen molar-refractivity contribution in [1.82, 2.24) is 5.32 Å². The standard InChI is InChI=1S/C9H15NO3/c1-13-9(12)5-4-7-8(11)3-2-6(5)10-7/h5-8,10-11H,2-4H2,1H3/t5-,6?,7?,8+/m0/s1. The van der Waals surface area contributed by atoms with Crippen molar-refractivity contribution in [2.75, 3.05) is 7.11 Å². The number of hydrogen-bond donors (Lipinski definition) is 2. The number of methoxy groups -OCH3 is 1. The number of ether oxygens (including phenoxy) is 1. The van der Waals surface area contributed by atoms with E-state index in [-0.39, 0.29) is 30.1 Å². The first kappa shape index (κ1) is 8.97. The van der Waals surface area contributed by atoms with Crippen LogP contribution in [0.15, 0.2) is 0 Å². The number of hydrogen-bond acceptors (Lipinski definition) is 4. The SMILES string of the molecule is COC(=O)[C@H]1CC2NC1CC[C@H]2O. The van der Waals surface area contributed by atoms with Crippen molar-refractivity contribution in [3.05, 3.63) is 0 Å². The van der Waals surface area contributed by atoms with Gasteiger partial charge in [-0.05, 0) is 19.3 Å². The molecule has 0 aromatic heterocycles. The number of carbonyl (C=O) groups excluding carboxylic acids is 1. The average molecular weight is 185 g/mol. The van der Waals surface area contributed by atoms with Gasteiger partial charge in [-0.2, -0.15) is 0 Å². The highest BCUT2D eigenvalue weighted by Gasteiger charge is 2.44. The average Bonchev–Trinajstić information content (AvgIpc) is 2.50. The van der Waals surface area contributed by atoms with Crippen molar-refractivity contribution in [1.29, 1.82) is 0 Å². The minimum absolute atomic E-state index is 0.0489. The van der Waals surface area contributed by atoms with Gasteiger partial charge in [0.05, 0.1) is 19.1 Å². The molecule has 4 atom stereocenters. The predicted octanol–water partition coefficient (Wildman–Crippen LogP) is -0.339. The highest BCUT2D eigenvalue weighted by atomic mass is 16.5. The molecule has 0 aromatic rings. The quantitative estimate of drug-likeness (QED) is 0.549. The van der Waals surface area contributed by atoms with E-state index in [1.807, 2.05) is 0 Å². The number of piperidine rings is 1. The monoisotopic (exact) mass is 185 g/mol. The molecule has 2 bridgehead atoms. The highest BCUT2D eigenvalue weighted by Crippen LogP contribution is 2.32. The molecule has 4 heteroatoms. The van der Waals surface area contributed by atoms with Gasteiger partial charge in [0, 0.05) is 12.1 Å². The molecule has 2 aliphatic heterocycles. The Morgan fingerprint density at radius 1 is 1.46 bits per heavy atom. The molecule has 2 rings (SSSR count). The fraction of sp³-hybridized carbons (Fsp3) is 0.889. The van der Waals surface area contributed by atoms with E-state index in [1.54, 1.807) is 0 Å². The molecule has 2 aliphatic rings. The first-order valence-corrected chi connectivity index (χ1v) is 4.74. The van der Waals surface area contributed by atoms with E-state index in [0.29, 0.717) is 0 Å². The number of esters is 1. The Bertz CT molecular complexity index is 219. The summed E-state index contributed by atoms with van der Waals surface area (Å²) in [4.78, 5) is 11.3. The Morgan fingerprint density at radius 3 is 2.85 bits per heavy atom. The molecule has 2 heterocycles. The van der Waals surface area contributed by atoms with Crippen molar-refractivity contribution in [2.24, 2.45) is 5.92 Å². The number of aliphatic hydroxyl groups is 1. The number of fused-ring (bicyclic) bond motifs is 2. The van der Waals surface area contributed by atoms with Crippen molar-refractivity contribution in [3.8, 4) is 0 Å². The van der Waals surface area contributed by atoms with Gasteiger partial charge in [-0.3, -0.25) is 4.79 Å². The molecule has 0 amide bonds. The van der Waals surface area contributed by atoms with Crippen LogP contribution in [0.5, 0.6) is 0 Å². The maximum atomic E-state index is 11.3. The molecule has 0 aromatic carbocycles. The van der Waals surface area contributed by atoms with Gasteiger partial charge < -0.3 is 15.2 Å². The van der Waals surface area contributed by atoms with E-state index in [0.717, 1.165) is 19.3 Å². The van der Waals surface area contributed by atoms with Crippen LogP contribution in [0.1, 0.15) is 19.3 Å². The lowest BCUT2D eigenvalue weighted by atomic mass is 9.99. The summed E-state index contributed by atoms with van der Waals surface area (Å²) >= 11 is 0. The second-order valence-electron chi connectivity index (χ2n) is 3.89. The van der Waals surface area contributed by atoms with Gasteiger partial charge in [0.1, 0.15) is 0 Å². The number of nitrogens with one attached hydrogen (secondary N) is 1. The second-order valence-corrected chi connectivity index (χ2v) is 3.89. The van der Waals surface area contributed by atoms with Crippen LogP contribution < -0.4 is 5.32 Å². The van der Waals surface area contributed by atoms with Gasteiger partial charge in [-0.1, -0.05) is 0 Å². The Labute approximate surface area is 77.3 Å². The zero-order valence-corrected chi connectivity index (χ0v) is 7.69. The summed E-state index contributed by atoms with van der Waals surface area (Å²) in [7, 11) is 1.42. The van der Waals surface area contributed by atoms with Crippen LogP contribution in [0.2, 0.25) is 0 Å². The first-order chi connectivity index (χ1) is 6.22. The molecule has 2 N–H and O–H groups in total. The molecule has 13 heavy (non-hydrogen) atoms. The minimum Gasteiger partial charge on any atom is -0.469 e. The Morgan fingerprint density at radius 2 is 2.23 bits per heavy atom. The largest absolute Gasteiger partial charge is 0.469 e. The summed E-state index contributed by atoms with van der Waals surface area (Å²) in [6, 6.07) is 0.323. The molecule has 2 fully saturated rings. The zero-order chi connectivity index (χ0) is 9.42. The Kier molecular flexibility index (Phi) is 2.26. The fourth-order valence-electron chi connectivity index (χ4n) is 2.41. The minimum atomic E-state index is -0.286. The van der Waals surface area contributed by atoms with Crippen LogP contribution in [0.3, 0.4) is 0 Å². The molecule has 0 radical (unpaired) electrons. The van der Waals surface area contributed by atoms with Gasteiger partial charge in [0.25, 0.3) is 0 Å². The topological polar surface area (TPSA) is 58.6 Å². The summed E-state index contributed by atoms with van der Waals surface area (Å²) in [6.45, 7) is 0. The van der Waals surface area contributed by atoms with Gasteiger partial charge in [-0.15, -0.1) is 0 Å². The van der Waals surface area contributed by atoms with Crippen LogP contribution in [-0.2, 0) is 9.53 Å². The van der Waals surface area contributed by atoms with E-state index in [9.17, 15) is 9.90 Å². The van der Waals surface area contributed by atoms with Gasteiger partial charge >= 0.3 is 5.97 Å². The number of rotatable bonds is 1. The van der Waals surface area contributed by atoms with E-state index in [2.05, 4.69) is 5.32 Å². The van der Waals surface area contributed by atoms with Crippen LogP contribution >= 0.6 is 0 Å². The smallest absolute Gasteiger partial charge is 0.310 e. The molecule has 74 valence electrons. The van der Waals surface area contributed by atoms with Gasteiger partial charge in [0.2, 0.25) is 0 Å². The normalized spacial score (nSPS) is 43.2.